The van der Waals surface area contributed by atoms with Crippen molar-refractivity contribution in [3.63, 3.8) is 0 Å². The van der Waals surface area contributed by atoms with Crippen LogP contribution in [0.3, 0.4) is 0 Å². The fourth-order valence-electron chi connectivity index (χ4n) is 1.98. The van der Waals surface area contributed by atoms with Crippen molar-refractivity contribution < 1.29 is 28.8 Å². The van der Waals surface area contributed by atoms with E-state index in [0.717, 1.165) is 23.9 Å². The van der Waals surface area contributed by atoms with Crippen LogP contribution in [0.15, 0.2) is 24.3 Å². The second kappa shape index (κ2) is 29.0. The third kappa shape index (κ3) is 20.0. The van der Waals surface area contributed by atoms with E-state index in [4.69, 9.17) is 0 Å². The molecule has 0 aromatic heterocycles. The Bertz CT molecular complexity index is 693. The average Bonchev–Trinajstić information content (AvgIpc) is 3.25. The summed E-state index contributed by atoms with van der Waals surface area (Å²) in [4.78, 5) is 67.6. The monoisotopic (exact) mass is 586 g/mol. The molecule has 0 spiro atoms. The van der Waals surface area contributed by atoms with Crippen LogP contribution in [0.2, 0.25) is 0 Å². The standard InChI is InChI=1S/2C8H10N2O3.6CH4.P2S2/c2*1-9-6(11)4-5-10-7(12)2-3-8(10)13;;;;;;;3-1-2-4/h2*2-3H,4-5H2,1H3,(H,9,11);6*1H4;. The molecule has 0 saturated heterocycles. The summed E-state index contributed by atoms with van der Waals surface area (Å²) in [5.41, 5.74) is 0. The van der Waals surface area contributed by atoms with Crippen molar-refractivity contribution in [2.45, 2.75) is 57.4 Å². The van der Waals surface area contributed by atoms with Gasteiger partial charge in [-0.2, -0.15) is 0 Å². The summed E-state index contributed by atoms with van der Waals surface area (Å²) in [6.45, 7) is 0.286. The first kappa shape index (κ1) is 50.6. The summed E-state index contributed by atoms with van der Waals surface area (Å²) in [6, 6.07) is 0. The minimum absolute atomic E-state index is 0. The summed E-state index contributed by atoms with van der Waals surface area (Å²) in [6.07, 6.45) is 5.10. The number of amides is 6. The molecule has 0 radical (unpaired) electrons. The first-order chi connectivity index (χ1) is 14.2. The quantitative estimate of drug-likeness (QED) is 0.341. The minimum atomic E-state index is -0.353. The normalized spacial score (nSPS) is 12.1. The summed E-state index contributed by atoms with van der Waals surface area (Å²) < 4.78 is 0. The number of nitrogens with one attached hydrogen (secondary N) is 2. The Morgan fingerprint density at radius 1 is 0.639 bits per heavy atom. The summed E-state index contributed by atoms with van der Waals surface area (Å²) in [7, 11) is 4.75. The van der Waals surface area contributed by atoms with Crippen LogP contribution in [0.4, 0.5) is 0 Å². The Kier molecular flexibility index (Phi) is 40.7. The van der Waals surface area contributed by atoms with Crippen LogP contribution in [-0.2, 0) is 52.4 Å². The Hall–Kier alpha value is -2.26. The molecule has 10 nitrogen and oxygen atoms in total. The molecule has 0 fully saturated rings. The highest BCUT2D eigenvalue weighted by molar-refractivity contribution is 8.40. The van der Waals surface area contributed by atoms with E-state index in [1.807, 2.05) is 0 Å². The third-order valence-electron chi connectivity index (χ3n) is 3.52. The second-order valence-corrected chi connectivity index (χ2v) is 9.58. The van der Waals surface area contributed by atoms with E-state index >= 15 is 0 Å². The molecule has 2 aliphatic rings. The second-order valence-electron chi connectivity index (χ2n) is 5.33. The number of hydrogen-bond acceptors (Lipinski definition) is 8. The molecular formula is C22H44N4O6P2S2. The Morgan fingerprint density at radius 3 is 1.03 bits per heavy atom. The lowest BCUT2D eigenvalue weighted by Gasteiger charge is -2.12. The summed E-state index contributed by atoms with van der Waals surface area (Å²) in [5.74, 6) is -1.79. The number of hydrogen-bond donors (Lipinski definition) is 2. The van der Waals surface area contributed by atoms with Crippen molar-refractivity contribution in [3.05, 3.63) is 24.3 Å². The molecule has 0 unspecified atom stereocenters. The zero-order chi connectivity index (χ0) is 23.1. The van der Waals surface area contributed by atoms with Gasteiger partial charge in [-0.25, -0.2) is 0 Å². The molecule has 0 atom stereocenters. The van der Waals surface area contributed by atoms with Gasteiger partial charge >= 0.3 is 0 Å². The first-order valence-corrected chi connectivity index (χ1v) is 12.9. The van der Waals surface area contributed by atoms with Crippen LogP contribution < -0.4 is 10.6 Å². The Balaban J connectivity index is -0.0000000710. The molecule has 0 aromatic carbocycles. The number of carbonyl (C=O) groups excluding carboxylic acids is 6. The first-order valence-electron chi connectivity index (χ1n) is 8.35. The van der Waals surface area contributed by atoms with Crippen LogP contribution in [0.1, 0.15) is 57.4 Å². The maximum Gasteiger partial charge on any atom is 0.253 e. The van der Waals surface area contributed by atoms with E-state index in [-0.39, 0.29) is 106 Å². The lowest BCUT2D eigenvalue weighted by atomic mass is 10.3. The van der Waals surface area contributed by atoms with E-state index < -0.39 is 0 Å². The van der Waals surface area contributed by atoms with Crippen LogP contribution in [0, 0.1) is 0 Å². The summed E-state index contributed by atoms with van der Waals surface area (Å²) >= 11 is 8.82. The van der Waals surface area contributed by atoms with Crippen LogP contribution in [0.5, 0.6) is 0 Å². The molecule has 6 amide bonds. The van der Waals surface area contributed by atoms with Crippen molar-refractivity contribution in [1.82, 2.24) is 20.4 Å². The number of imide groups is 2. The van der Waals surface area contributed by atoms with Gasteiger partial charge in [0.05, 0.1) is 0 Å². The van der Waals surface area contributed by atoms with E-state index in [9.17, 15) is 28.8 Å². The summed E-state index contributed by atoms with van der Waals surface area (Å²) in [5, 5.41) is 4.82. The van der Waals surface area contributed by atoms with Gasteiger partial charge in [0.1, 0.15) is 0 Å². The molecule has 210 valence electrons. The van der Waals surface area contributed by atoms with E-state index in [2.05, 4.69) is 34.2 Å². The molecule has 2 N–H and O–H groups in total. The van der Waals surface area contributed by atoms with E-state index in [1.165, 1.54) is 38.4 Å². The molecular weight excluding hydrogens is 542 g/mol. The van der Waals surface area contributed by atoms with Gasteiger partial charge in [0.25, 0.3) is 23.6 Å². The molecule has 0 saturated carbocycles. The fourth-order valence-corrected chi connectivity index (χ4v) is 1.98. The average molecular weight is 587 g/mol. The van der Waals surface area contributed by atoms with Crippen molar-refractivity contribution in [2.75, 3.05) is 27.2 Å². The van der Waals surface area contributed by atoms with Gasteiger partial charge in [-0.3, -0.25) is 38.6 Å². The molecule has 2 rings (SSSR count). The lowest BCUT2D eigenvalue weighted by molar-refractivity contribution is -0.139. The predicted molar refractivity (Wildman–Crippen MR) is 158 cm³/mol. The van der Waals surface area contributed by atoms with Crippen molar-refractivity contribution in [3.8, 4) is 0 Å². The minimum Gasteiger partial charge on any atom is -0.359 e. The third-order valence-corrected chi connectivity index (χ3v) is 6.18. The topological polar surface area (TPSA) is 133 Å². The van der Waals surface area contributed by atoms with Gasteiger partial charge in [0.15, 0.2) is 0 Å². The molecule has 0 aromatic rings. The van der Waals surface area contributed by atoms with Crippen molar-refractivity contribution in [1.29, 1.82) is 0 Å². The highest BCUT2D eigenvalue weighted by atomic mass is 32.7. The van der Waals surface area contributed by atoms with Gasteiger partial charge in [0, 0.05) is 78.4 Å². The number of nitrogens with zero attached hydrogens (tertiary/aromatic N) is 2. The van der Waals surface area contributed by atoms with Crippen molar-refractivity contribution >= 4 is 73.1 Å². The van der Waals surface area contributed by atoms with E-state index in [0.29, 0.717) is 0 Å². The molecule has 2 heterocycles. The lowest BCUT2D eigenvalue weighted by Crippen LogP contribution is -2.33. The maximum atomic E-state index is 11.0. The highest BCUT2D eigenvalue weighted by Gasteiger charge is 2.24. The molecule has 2 aliphatic heterocycles. The molecule has 0 aliphatic carbocycles. The zero-order valence-corrected chi connectivity index (χ0v) is 19.6. The number of carbonyl (C=O) groups is 6. The zero-order valence-electron chi connectivity index (χ0n) is 16.2. The van der Waals surface area contributed by atoms with Crippen molar-refractivity contribution in [2.24, 2.45) is 0 Å². The fraction of sp³-hybridized carbons (Fsp3) is 0.545. The van der Waals surface area contributed by atoms with Gasteiger partial charge < -0.3 is 10.6 Å². The highest BCUT2D eigenvalue weighted by Crippen LogP contribution is 2.10. The Morgan fingerprint density at radius 2 is 0.861 bits per heavy atom. The van der Waals surface area contributed by atoms with E-state index in [1.54, 1.807) is 0 Å². The smallest absolute Gasteiger partial charge is 0.253 e. The number of rotatable bonds is 7. The Labute approximate surface area is 230 Å². The SMILES string of the molecule is C.C.C.C.C.C.CNC(=O)CCN1C(=O)C=CC1=O.CNC(=O)CCN1C(=O)C=CC1=O.S=PP=S. The molecule has 36 heavy (non-hydrogen) atoms. The predicted octanol–water partition coefficient (Wildman–Crippen LogP) is 3.63. The largest absolute Gasteiger partial charge is 0.359 e. The molecule has 14 heteroatoms. The van der Waals surface area contributed by atoms with Crippen LogP contribution in [-0.4, -0.2) is 72.4 Å². The van der Waals surface area contributed by atoms with Gasteiger partial charge in [-0.05, 0) is 23.6 Å². The van der Waals surface area contributed by atoms with Gasteiger partial charge in [-0.1, -0.05) is 44.6 Å². The molecule has 0 bridgehead atoms. The van der Waals surface area contributed by atoms with Crippen LogP contribution in [0.25, 0.3) is 0 Å². The van der Waals surface area contributed by atoms with Gasteiger partial charge in [-0.15, -0.1) is 0 Å². The van der Waals surface area contributed by atoms with Crippen LogP contribution >= 0.6 is 14.1 Å². The maximum absolute atomic E-state index is 11.0. The van der Waals surface area contributed by atoms with Gasteiger partial charge in [0.2, 0.25) is 11.8 Å².